The number of methoxy groups -OCH3 is 2. The largest absolute Gasteiger partial charge is 0.497 e. The molecule has 10 heteroatoms. The van der Waals surface area contributed by atoms with Crippen molar-refractivity contribution in [3.05, 3.63) is 84.9 Å². The molecular formula is C21H18ClN3O5S. The Morgan fingerprint density at radius 1 is 1.16 bits per heavy atom. The van der Waals surface area contributed by atoms with Gasteiger partial charge in [0.25, 0.3) is 5.91 Å². The lowest BCUT2D eigenvalue weighted by atomic mass is 10.1. The maximum absolute atomic E-state index is 12.4. The number of carbonyl (C=O) groups excluding carboxylic acids is 2. The Morgan fingerprint density at radius 3 is 2.58 bits per heavy atom. The van der Waals surface area contributed by atoms with E-state index >= 15 is 0 Å². The van der Waals surface area contributed by atoms with Crippen LogP contribution < -0.4 is 15.0 Å². The van der Waals surface area contributed by atoms with Crippen LogP contribution in [0.25, 0.3) is 0 Å². The fourth-order valence-electron chi connectivity index (χ4n) is 2.67. The lowest BCUT2D eigenvalue weighted by Crippen LogP contribution is -2.17. The van der Waals surface area contributed by atoms with E-state index < -0.39 is 11.9 Å². The number of thiazole rings is 1. The smallest absolute Gasteiger partial charge is 0.337 e. The van der Waals surface area contributed by atoms with Crippen LogP contribution in [0.2, 0.25) is 5.15 Å². The van der Waals surface area contributed by atoms with Gasteiger partial charge in [-0.3, -0.25) is 14.2 Å². The van der Waals surface area contributed by atoms with E-state index in [0.29, 0.717) is 27.3 Å². The summed E-state index contributed by atoms with van der Waals surface area (Å²) in [4.78, 5) is 36.3. The highest BCUT2D eigenvalue weighted by Crippen LogP contribution is 2.19. The van der Waals surface area contributed by atoms with Crippen LogP contribution in [0.15, 0.2) is 58.4 Å². The van der Waals surface area contributed by atoms with E-state index in [1.54, 1.807) is 48.5 Å². The van der Waals surface area contributed by atoms with Crippen LogP contribution in [0.4, 0.5) is 0 Å². The zero-order valence-electron chi connectivity index (χ0n) is 16.6. The van der Waals surface area contributed by atoms with Gasteiger partial charge in [0.2, 0.25) is 0 Å². The van der Waals surface area contributed by atoms with Gasteiger partial charge in [0.1, 0.15) is 10.9 Å². The number of nitrogens with one attached hydrogen (secondary N) is 1. The molecular weight excluding hydrogens is 442 g/mol. The third-order valence-corrected chi connectivity index (χ3v) is 5.68. The van der Waals surface area contributed by atoms with Gasteiger partial charge < -0.3 is 9.47 Å². The van der Waals surface area contributed by atoms with Crippen LogP contribution in [0.3, 0.4) is 0 Å². The van der Waals surface area contributed by atoms with Gasteiger partial charge in [-0.25, -0.2) is 10.2 Å². The van der Waals surface area contributed by atoms with Crippen LogP contribution in [0.5, 0.6) is 5.75 Å². The van der Waals surface area contributed by atoms with E-state index in [1.165, 1.54) is 25.0 Å². The summed E-state index contributed by atoms with van der Waals surface area (Å²) in [6.07, 6.45) is 1.32. The Balaban J connectivity index is 1.71. The number of benzene rings is 2. The third kappa shape index (κ3) is 5.39. The van der Waals surface area contributed by atoms with Crippen molar-refractivity contribution < 1.29 is 19.1 Å². The summed E-state index contributed by atoms with van der Waals surface area (Å²) in [6, 6.07) is 13.3. The molecule has 1 N–H and O–H groups in total. The lowest BCUT2D eigenvalue weighted by molar-refractivity contribution is 0.0600. The summed E-state index contributed by atoms with van der Waals surface area (Å²) in [5, 5.41) is 4.07. The number of halogens is 1. The summed E-state index contributed by atoms with van der Waals surface area (Å²) in [6.45, 7) is 0.172. The number of ether oxygens (including phenoxy) is 2. The van der Waals surface area contributed by atoms with E-state index in [4.69, 9.17) is 21.1 Å². The highest BCUT2D eigenvalue weighted by molar-refractivity contribution is 7.11. The molecule has 0 saturated carbocycles. The predicted molar refractivity (Wildman–Crippen MR) is 119 cm³/mol. The summed E-state index contributed by atoms with van der Waals surface area (Å²) < 4.78 is 11.1. The molecule has 1 heterocycles. The quantitative estimate of drug-likeness (QED) is 0.332. The summed E-state index contributed by atoms with van der Waals surface area (Å²) in [5.74, 6) is -0.248. The van der Waals surface area contributed by atoms with Crippen molar-refractivity contribution in [1.29, 1.82) is 0 Å². The number of nitrogens with zero attached hydrogens (tertiary/aromatic N) is 2. The van der Waals surface area contributed by atoms with Crippen LogP contribution in [-0.2, 0) is 11.3 Å². The molecule has 3 rings (SSSR count). The molecule has 0 saturated heterocycles. The number of carbonyl (C=O) groups is 2. The maximum atomic E-state index is 12.4. The molecule has 2 aromatic carbocycles. The average molecular weight is 460 g/mol. The predicted octanol–water partition coefficient (Wildman–Crippen LogP) is 3.17. The van der Waals surface area contributed by atoms with Gasteiger partial charge in [-0.05, 0) is 42.0 Å². The zero-order chi connectivity index (χ0) is 22.4. The van der Waals surface area contributed by atoms with Crippen LogP contribution in [-0.4, -0.2) is 36.9 Å². The monoisotopic (exact) mass is 459 g/mol. The molecule has 0 atom stereocenters. The number of amides is 1. The molecule has 0 bridgehead atoms. The molecule has 0 spiro atoms. The molecule has 160 valence electrons. The van der Waals surface area contributed by atoms with Gasteiger partial charge >= 0.3 is 10.8 Å². The first-order valence-electron chi connectivity index (χ1n) is 8.96. The van der Waals surface area contributed by atoms with Gasteiger partial charge in [0.15, 0.2) is 0 Å². The summed E-state index contributed by atoms with van der Waals surface area (Å²) in [5.41, 5.74) is 3.88. The number of hydrogen-bond donors (Lipinski definition) is 1. The minimum absolute atomic E-state index is 0.172. The third-order valence-electron chi connectivity index (χ3n) is 4.25. The molecule has 0 aliphatic rings. The van der Waals surface area contributed by atoms with Crippen molar-refractivity contribution in [2.45, 2.75) is 6.54 Å². The van der Waals surface area contributed by atoms with Gasteiger partial charge in [-0.15, -0.1) is 0 Å². The van der Waals surface area contributed by atoms with Crippen molar-refractivity contribution >= 4 is 41.0 Å². The Morgan fingerprint density at radius 2 is 1.90 bits per heavy atom. The van der Waals surface area contributed by atoms with E-state index in [2.05, 4.69) is 10.5 Å². The molecule has 31 heavy (non-hydrogen) atoms. The van der Waals surface area contributed by atoms with E-state index in [9.17, 15) is 14.4 Å². The molecule has 0 radical (unpaired) electrons. The Kier molecular flexibility index (Phi) is 7.22. The molecule has 0 aliphatic heterocycles. The van der Waals surface area contributed by atoms with Crippen molar-refractivity contribution in [3.8, 4) is 5.75 Å². The molecule has 0 unspecified atom stereocenters. The number of aromatic nitrogens is 1. The fraction of sp³-hybridized carbons (Fsp3) is 0.143. The number of hydrazone groups is 1. The molecule has 0 aliphatic carbocycles. The minimum atomic E-state index is -0.467. The van der Waals surface area contributed by atoms with E-state index in [0.717, 1.165) is 11.3 Å². The topological polar surface area (TPSA) is 99.0 Å². The number of hydrogen-bond acceptors (Lipinski definition) is 7. The number of esters is 1. The molecule has 1 amide bonds. The highest BCUT2D eigenvalue weighted by atomic mass is 35.5. The standard InChI is InChI=1S/C21H18ClN3O5S/c1-29-16-8-6-14(7-9-16)19(26)24-23-11-17-18(22)25(21(28)31-17)12-13-4-3-5-15(10-13)20(27)30-2/h3-11H,12H2,1-2H3,(H,24,26)/b23-11+. The average Bonchev–Trinajstić information content (AvgIpc) is 3.06. The van der Waals surface area contributed by atoms with E-state index in [1.807, 2.05) is 0 Å². The Bertz CT molecular complexity index is 1180. The maximum Gasteiger partial charge on any atom is 0.337 e. The normalized spacial score (nSPS) is 10.8. The van der Waals surface area contributed by atoms with Gasteiger partial charge in [0.05, 0.1) is 37.4 Å². The van der Waals surface area contributed by atoms with Gasteiger partial charge in [-0.2, -0.15) is 5.10 Å². The van der Waals surface area contributed by atoms with Crippen molar-refractivity contribution in [2.24, 2.45) is 5.10 Å². The van der Waals surface area contributed by atoms with Crippen molar-refractivity contribution in [3.63, 3.8) is 0 Å². The first-order chi connectivity index (χ1) is 14.9. The zero-order valence-corrected chi connectivity index (χ0v) is 18.2. The molecule has 8 nitrogen and oxygen atoms in total. The number of rotatable bonds is 7. The van der Waals surface area contributed by atoms with Crippen LogP contribution in [0.1, 0.15) is 31.2 Å². The SMILES string of the molecule is COC(=O)c1cccc(Cn2c(Cl)c(/C=N/NC(=O)c3ccc(OC)cc3)sc2=O)c1. The second kappa shape index (κ2) is 10.1. The first kappa shape index (κ1) is 22.3. The molecule has 0 fully saturated rings. The van der Waals surface area contributed by atoms with Crippen LogP contribution >= 0.6 is 22.9 Å². The second-order valence-corrected chi connectivity index (χ2v) is 7.58. The molecule has 3 aromatic rings. The Labute approximate surface area is 186 Å². The first-order valence-corrected chi connectivity index (χ1v) is 10.2. The summed E-state index contributed by atoms with van der Waals surface area (Å²) in [7, 11) is 2.84. The van der Waals surface area contributed by atoms with Crippen molar-refractivity contribution in [1.82, 2.24) is 9.99 Å². The molecule has 1 aromatic heterocycles. The second-order valence-electron chi connectivity index (χ2n) is 6.23. The highest BCUT2D eigenvalue weighted by Gasteiger charge is 2.13. The van der Waals surface area contributed by atoms with Gasteiger partial charge in [-0.1, -0.05) is 35.1 Å². The fourth-order valence-corrected chi connectivity index (χ4v) is 3.78. The lowest BCUT2D eigenvalue weighted by Gasteiger charge is -2.06. The Hall–Kier alpha value is -3.43. The van der Waals surface area contributed by atoms with Crippen LogP contribution in [0, 0.1) is 0 Å². The van der Waals surface area contributed by atoms with Crippen molar-refractivity contribution in [2.75, 3.05) is 14.2 Å². The van der Waals surface area contributed by atoms with E-state index in [-0.39, 0.29) is 16.6 Å². The summed E-state index contributed by atoms with van der Waals surface area (Å²) >= 11 is 7.23. The van der Waals surface area contributed by atoms with Gasteiger partial charge in [0, 0.05) is 5.56 Å². The minimum Gasteiger partial charge on any atom is -0.497 e.